The van der Waals surface area contributed by atoms with Crippen LogP contribution in [0.2, 0.25) is 0 Å². The maximum absolute atomic E-state index is 13.6. The summed E-state index contributed by atoms with van der Waals surface area (Å²) >= 11 is 0. The van der Waals surface area contributed by atoms with Gasteiger partial charge in [0.2, 0.25) is 11.7 Å². The maximum atomic E-state index is 13.6. The molecule has 0 saturated heterocycles. The second kappa shape index (κ2) is 7.32. The third-order valence-electron chi connectivity index (χ3n) is 5.63. The molecule has 0 radical (unpaired) electrons. The normalized spacial score (nSPS) is 16.0. The summed E-state index contributed by atoms with van der Waals surface area (Å²) in [6.07, 6.45) is 1.38. The highest BCUT2D eigenvalue weighted by Gasteiger charge is 2.37. The molecule has 6 nitrogen and oxygen atoms in total. The van der Waals surface area contributed by atoms with Gasteiger partial charge in [-0.1, -0.05) is 54.6 Å². The largest absolute Gasteiger partial charge is 0.464 e. The highest BCUT2D eigenvalue weighted by Crippen LogP contribution is 2.29. The zero-order chi connectivity index (χ0) is 21.5. The number of ketones is 1. The number of Topliss-reactive ketones (excluding diaryl/α,β-unsaturated/α-hetero) is 1. The fraction of sp³-hybridized carbons (Fsp3) is 0.120. The van der Waals surface area contributed by atoms with Crippen molar-refractivity contribution in [3.8, 4) is 0 Å². The quantitative estimate of drug-likeness (QED) is 0.476. The van der Waals surface area contributed by atoms with Gasteiger partial charge in [0.05, 0.1) is 24.1 Å². The summed E-state index contributed by atoms with van der Waals surface area (Å²) < 4.78 is 5.67. The summed E-state index contributed by atoms with van der Waals surface area (Å²) in [5.74, 6) is -1.27. The van der Waals surface area contributed by atoms with E-state index in [1.807, 2.05) is 36.4 Å². The van der Waals surface area contributed by atoms with Gasteiger partial charge in [-0.2, -0.15) is 5.10 Å². The van der Waals surface area contributed by atoms with Crippen molar-refractivity contribution in [2.24, 2.45) is 5.10 Å². The summed E-state index contributed by atoms with van der Waals surface area (Å²) in [7, 11) is 0. The van der Waals surface area contributed by atoms with Crippen molar-refractivity contribution in [2.75, 3.05) is 6.54 Å². The molecule has 152 valence electrons. The zero-order valence-electron chi connectivity index (χ0n) is 16.7. The number of amides is 1. The lowest BCUT2D eigenvalue weighted by molar-refractivity contribution is -0.128. The topological polar surface area (TPSA) is 80.0 Å². The molecule has 0 N–H and O–H groups in total. The maximum Gasteiger partial charge on any atom is 0.239 e. The molecule has 1 aliphatic heterocycles. The standard InChI is InChI=1S/C25H18N2O4/c1-15(28)27-13-20(21-14-31-22-12-5-4-10-19(22)24(21)29)23(26-27)25(30)18-11-6-8-16-7-2-3-9-17(16)18/h2-12,14,20H,13H2,1H3. The highest BCUT2D eigenvalue weighted by atomic mass is 16.3. The van der Waals surface area contributed by atoms with Gasteiger partial charge in [0.25, 0.3) is 0 Å². The first-order chi connectivity index (χ1) is 15.0. The number of rotatable bonds is 3. The first-order valence-corrected chi connectivity index (χ1v) is 9.94. The molecule has 0 saturated carbocycles. The molecule has 0 aliphatic carbocycles. The molecule has 6 heteroatoms. The van der Waals surface area contributed by atoms with Crippen LogP contribution < -0.4 is 5.43 Å². The number of para-hydroxylation sites is 1. The first-order valence-electron chi connectivity index (χ1n) is 9.94. The van der Waals surface area contributed by atoms with Crippen LogP contribution >= 0.6 is 0 Å². The van der Waals surface area contributed by atoms with Crippen LogP contribution in [0.15, 0.2) is 87.3 Å². The van der Waals surface area contributed by atoms with Crippen LogP contribution in [0.4, 0.5) is 0 Å². The lowest BCUT2D eigenvalue weighted by Crippen LogP contribution is -2.28. The van der Waals surface area contributed by atoms with Crippen LogP contribution in [-0.4, -0.2) is 29.0 Å². The van der Waals surface area contributed by atoms with Crippen molar-refractivity contribution in [3.63, 3.8) is 0 Å². The molecule has 3 aromatic carbocycles. The van der Waals surface area contributed by atoms with E-state index in [2.05, 4.69) is 5.10 Å². The molecule has 31 heavy (non-hydrogen) atoms. The Kier molecular flexibility index (Phi) is 4.47. The Balaban J connectivity index is 1.66. The van der Waals surface area contributed by atoms with Crippen molar-refractivity contribution < 1.29 is 14.0 Å². The predicted molar refractivity (Wildman–Crippen MR) is 118 cm³/mol. The van der Waals surface area contributed by atoms with Gasteiger partial charge in [-0.25, -0.2) is 5.01 Å². The summed E-state index contributed by atoms with van der Waals surface area (Å²) in [6.45, 7) is 1.50. The molecule has 1 aliphatic rings. The summed E-state index contributed by atoms with van der Waals surface area (Å²) in [6, 6.07) is 20.0. The molecular formula is C25H18N2O4. The minimum atomic E-state index is -0.670. The van der Waals surface area contributed by atoms with Gasteiger partial charge in [-0.05, 0) is 22.9 Å². The molecule has 0 bridgehead atoms. The van der Waals surface area contributed by atoms with E-state index in [1.54, 1.807) is 30.3 Å². The molecule has 1 atom stereocenters. The van der Waals surface area contributed by atoms with Gasteiger partial charge in [-0.15, -0.1) is 0 Å². The van der Waals surface area contributed by atoms with Crippen molar-refractivity contribution in [1.29, 1.82) is 0 Å². The van der Waals surface area contributed by atoms with E-state index in [0.29, 0.717) is 22.1 Å². The number of hydrogen-bond acceptors (Lipinski definition) is 5. The number of carbonyl (C=O) groups is 2. The predicted octanol–water partition coefficient (Wildman–Crippen LogP) is 4.13. The monoisotopic (exact) mass is 410 g/mol. The smallest absolute Gasteiger partial charge is 0.239 e. The molecule has 1 amide bonds. The fourth-order valence-electron chi connectivity index (χ4n) is 4.04. The Morgan fingerprint density at radius 1 is 0.968 bits per heavy atom. The molecule has 2 heterocycles. The van der Waals surface area contributed by atoms with E-state index >= 15 is 0 Å². The molecule has 1 aromatic heterocycles. The summed E-state index contributed by atoms with van der Waals surface area (Å²) in [4.78, 5) is 38.8. The Morgan fingerprint density at radius 2 is 1.68 bits per heavy atom. The van der Waals surface area contributed by atoms with Crippen LogP contribution in [-0.2, 0) is 4.79 Å². The third kappa shape index (κ3) is 3.13. The van der Waals surface area contributed by atoms with Crippen LogP contribution in [0, 0.1) is 0 Å². The SMILES string of the molecule is CC(=O)N1CC(c2coc3ccccc3c2=O)C(C(=O)c2cccc3ccccc23)=N1. The lowest BCUT2D eigenvalue weighted by Gasteiger charge is -2.13. The number of fused-ring (bicyclic) bond motifs is 2. The van der Waals surface area contributed by atoms with Gasteiger partial charge in [0.1, 0.15) is 11.3 Å². The Hall–Kier alpha value is -4.06. The minimum Gasteiger partial charge on any atom is -0.464 e. The van der Waals surface area contributed by atoms with Gasteiger partial charge in [0.15, 0.2) is 5.43 Å². The molecule has 0 fully saturated rings. The van der Waals surface area contributed by atoms with E-state index in [4.69, 9.17) is 4.42 Å². The van der Waals surface area contributed by atoms with Crippen molar-refractivity contribution in [1.82, 2.24) is 5.01 Å². The fourth-order valence-corrected chi connectivity index (χ4v) is 4.04. The first kappa shape index (κ1) is 18.9. The highest BCUT2D eigenvalue weighted by molar-refractivity contribution is 6.49. The number of nitrogens with zero attached hydrogens (tertiary/aromatic N) is 2. The summed E-state index contributed by atoms with van der Waals surface area (Å²) in [5.41, 5.74) is 1.20. The average molecular weight is 410 g/mol. The van der Waals surface area contributed by atoms with Gasteiger partial charge in [0, 0.05) is 18.1 Å². The van der Waals surface area contributed by atoms with E-state index < -0.39 is 5.92 Å². The van der Waals surface area contributed by atoms with E-state index in [1.165, 1.54) is 18.2 Å². The van der Waals surface area contributed by atoms with Crippen molar-refractivity contribution in [3.05, 3.63) is 94.3 Å². The van der Waals surface area contributed by atoms with Gasteiger partial charge < -0.3 is 4.42 Å². The second-order valence-electron chi connectivity index (χ2n) is 7.51. The Morgan fingerprint density at radius 3 is 2.48 bits per heavy atom. The lowest BCUT2D eigenvalue weighted by atomic mass is 9.89. The Bertz CT molecular complexity index is 1450. The average Bonchev–Trinajstić information content (AvgIpc) is 3.24. The number of carbonyl (C=O) groups excluding carboxylic acids is 2. The van der Waals surface area contributed by atoms with Crippen LogP contribution in [0.25, 0.3) is 21.7 Å². The number of hydrazone groups is 1. The van der Waals surface area contributed by atoms with Crippen LogP contribution in [0.5, 0.6) is 0 Å². The molecule has 5 rings (SSSR count). The number of hydrogen-bond donors (Lipinski definition) is 0. The minimum absolute atomic E-state index is 0.115. The summed E-state index contributed by atoms with van der Waals surface area (Å²) in [5, 5.41) is 7.71. The second-order valence-corrected chi connectivity index (χ2v) is 7.51. The van der Waals surface area contributed by atoms with Crippen molar-refractivity contribution >= 4 is 39.1 Å². The molecular weight excluding hydrogens is 392 g/mol. The van der Waals surface area contributed by atoms with E-state index in [-0.39, 0.29) is 29.4 Å². The molecule has 4 aromatic rings. The van der Waals surface area contributed by atoms with Gasteiger partial charge in [-0.3, -0.25) is 14.4 Å². The van der Waals surface area contributed by atoms with Crippen molar-refractivity contribution in [2.45, 2.75) is 12.8 Å². The van der Waals surface area contributed by atoms with Crippen LogP contribution in [0.1, 0.15) is 28.8 Å². The van der Waals surface area contributed by atoms with Crippen LogP contribution in [0.3, 0.4) is 0 Å². The number of benzene rings is 3. The molecule has 1 unspecified atom stereocenters. The molecule has 0 spiro atoms. The van der Waals surface area contributed by atoms with E-state index in [0.717, 1.165) is 10.8 Å². The van der Waals surface area contributed by atoms with E-state index in [9.17, 15) is 14.4 Å². The van der Waals surface area contributed by atoms with Gasteiger partial charge >= 0.3 is 0 Å². The Labute approximate surface area is 177 Å². The zero-order valence-corrected chi connectivity index (χ0v) is 16.7. The third-order valence-corrected chi connectivity index (χ3v) is 5.63.